The van der Waals surface area contributed by atoms with Crippen molar-refractivity contribution in [3.05, 3.63) is 63.8 Å². The van der Waals surface area contributed by atoms with Gasteiger partial charge in [0.05, 0.1) is 18.2 Å². The van der Waals surface area contributed by atoms with Crippen molar-refractivity contribution in [1.82, 2.24) is 0 Å². The summed E-state index contributed by atoms with van der Waals surface area (Å²) in [7, 11) is 0. The van der Waals surface area contributed by atoms with Crippen molar-refractivity contribution >= 4 is 29.5 Å². The molecule has 2 aromatic rings. The fraction of sp³-hybridized carbons (Fsp3) is 0.238. The van der Waals surface area contributed by atoms with E-state index in [1.807, 2.05) is 45.0 Å². The minimum atomic E-state index is -0.506. The molecule has 1 aliphatic rings. The third kappa shape index (κ3) is 4.31. The molecule has 6 heteroatoms. The van der Waals surface area contributed by atoms with Crippen molar-refractivity contribution in [1.29, 1.82) is 0 Å². The zero-order chi connectivity index (χ0) is 19.4. The van der Waals surface area contributed by atoms with Crippen molar-refractivity contribution < 1.29 is 19.0 Å². The first-order valence-electron chi connectivity index (χ1n) is 8.70. The highest BCUT2D eigenvalue weighted by Crippen LogP contribution is 2.37. The average molecular weight is 386 g/mol. The second-order valence-electron chi connectivity index (χ2n) is 5.90. The highest BCUT2D eigenvalue weighted by molar-refractivity contribution is 6.32. The van der Waals surface area contributed by atoms with Gasteiger partial charge >= 0.3 is 5.97 Å². The summed E-state index contributed by atoms with van der Waals surface area (Å²) in [5.74, 6) is 0.788. The summed E-state index contributed by atoms with van der Waals surface area (Å²) in [6, 6.07) is 11.1. The summed E-state index contributed by atoms with van der Waals surface area (Å²) in [6.45, 7) is 6.67. The Hall–Kier alpha value is -2.79. The lowest BCUT2D eigenvalue weighted by Crippen LogP contribution is -2.05. The van der Waals surface area contributed by atoms with Crippen molar-refractivity contribution in [2.45, 2.75) is 20.8 Å². The lowest BCUT2D eigenvalue weighted by molar-refractivity contribution is -0.129. The maximum Gasteiger partial charge on any atom is 0.363 e. The molecule has 0 aliphatic carbocycles. The molecule has 2 aromatic carbocycles. The van der Waals surface area contributed by atoms with E-state index < -0.39 is 5.97 Å². The van der Waals surface area contributed by atoms with Crippen molar-refractivity contribution in [2.75, 3.05) is 13.2 Å². The van der Waals surface area contributed by atoms with E-state index in [4.69, 9.17) is 25.8 Å². The Morgan fingerprint density at radius 2 is 1.81 bits per heavy atom. The fourth-order valence-corrected chi connectivity index (χ4v) is 2.88. The molecular weight excluding hydrogens is 366 g/mol. The van der Waals surface area contributed by atoms with Crippen LogP contribution in [0.25, 0.3) is 6.08 Å². The van der Waals surface area contributed by atoms with Gasteiger partial charge in [-0.3, -0.25) is 0 Å². The molecular formula is C21H20ClNO4. The number of aryl methyl sites for hydroxylation is 1. The second kappa shape index (κ2) is 8.27. The Morgan fingerprint density at radius 1 is 1.11 bits per heavy atom. The van der Waals surface area contributed by atoms with E-state index in [2.05, 4.69) is 4.99 Å². The van der Waals surface area contributed by atoms with Gasteiger partial charge in [0.1, 0.15) is 0 Å². The largest absolute Gasteiger partial charge is 0.490 e. The van der Waals surface area contributed by atoms with Crippen LogP contribution in [0.5, 0.6) is 11.5 Å². The molecule has 3 rings (SSSR count). The molecule has 5 nitrogen and oxygen atoms in total. The zero-order valence-electron chi connectivity index (χ0n) is 15.4. The molecule has 0 radical (unpaired) electrons. The van der Waals surface area contributed by atoms with Crippen LogP contribution in [0.3, 0.4) is 0 Å². The second-order valence-corrected chi connectivity index (χ2v) is 6.31. The van der Waals surface area contributed by atoms with Crippen LogP contribution < -0.4 is 9.47 Å². The van der Waals surface area contributed by atoms with Crippen LogP contribution in [0, 0.1) is 6.92 Å². The van der Waals surface area contributed by atoms with Crippen molar-refractivity contribution in [3.8, 4) is 11.5 Å². The van der Waals surface area contributed by atoms with Crippen LogP contribution in [-0.2, 0) is 9.53 Å². The van der Waals surface area contributed by atoms with Gasteiger partial charge in [0.2, 0.25) is 5.90 Å². The Labute approximate surface area is 163 Å². The molecule has 0 fully saturated rings. The minimum Gasteiger partial charge on any atom is -0.490 e. The summed E-state index contributed by atoms with van der Waals surface area (Å²) in [6.07, 6.45) is 1.62. The average Bonchev–Trinajstić information content (AvgIpc) is 2.99. The first-order chi connectivity index (χ1) is 13.0. The number of aliphatic imine (C=N–C) groups is 1. The molecule has 0 atom stereocenters. The molecule has 0 amide bonds. The van der Waals surface area contributed by atoms with E-state index in [-0.39, 0.29) is 11.6 Å². The summed E-state index contributed by atoms with van der Waals surface area (Å²) < 4.78 is 16.5. The fourth-order valence-electron chi connectivity index (χ4n) is 2.61. The first kappa shape index (κ1) is 19.0. The molecule has 0 spiro atoms. The van der Waals surface area contributed by atoms with Gasteiger partial charge in [-0.1, -0.05) is 29.3 Å². The number of hydrogen-bond donors (Lipinski definition) is 0. The number of esters is 1. The molecule has 1 heterocycles. The third-order valence-electron chi connectivity index (χ3n) is 3.84. The van der Waals surface area contributed by atoms with Crippen LogP contribution in [0.1, 0.15) is 30.5 Å². The van der Waals surface area contributed by atoms with Crippen molar-refractivity contribution in [2.24, 2.45) is 4.99 Å². The summed E-state index contributed by atoms with van der Waals surface area (Å²) in [5.41, 5.74) is 2.74. The SMILES string of the molecule is CCOc1cc(C=C2N=C(c3ccc(C)cc3)OC2=O)cc(Cl)c1OCC. The molecule has 0 unspecified atom stereocenters. The summed E-state index contributed by atoms with van der Waals surface area (Å²) in [5, 5.41) is 0.406. The maximum absolute atomic E-state index is 12.2. The molecule has 0 saturated heterocycles. The van der Waals surface area contributed by atoms with E-state index in [0.29, 0.717) is 35.3 Å². The summed E-state index contributed by atoms with van der Waals surface area (Å²) in [4.78, 5) is 16.5. The van der Waals surface area contributed by atoms with Gasteiger partial charge in [0.25, 0.3) is 0 Å². The number of nitrogens with zero attached hydrogens (tertiary/aromatic N) is 1. The number of carbonyl (C=O) groups excluding carboxylic acids is 1. The van der Waals surface area contributed by atoms with Gasteiger partial charge in [-0.25, -0.2) is 9.79 Å². The van der Waals surface area contributed by atoms with Gasteiger partial charge < -0.3 is 14.2 Å². The minimum absolute atomic E-state index is 0.202. The number of benzene rings is 2. The smallest absolute Gasteiger partial charge is 0.363 e. The maximum atomic E-state index is 12.2. The van der Waals surface area contributed by atoms with Crippen molar-refractivity contribution in [3.63, 3.8) is 0 Å². The van der Waals surface area contributed by atoms with Gasteiger partial charge in [-0.2, -0.15) is 0 Å². The molecule has 0 bridgehead atoms. The molecule has 1 aliphatic heterocycles. The van der Waals surface area contributed by atoms with E-state index in [0.717, 1.165) is 11.1 Å². The van der Waals surface area contributed by atoms with E-state index in [9.17, 15) is 4.79 Å². The summed E-state index contributed by atoms with van der Waals surface area (Å²) >= 11 is 6.32. The predicted octanol–water partition coefficient (Wildman–Crippen LogP) is 4.79. The van der Waals surface area contributed by atoms with Crippen LogP contribution in [0.4, 0.5) is 0 Å². The molecule has 27 heavy (non-hydrogen) atoms. The highest BCUT2D eigenvalue weighted by atomic mass is 35.5. The van der Waals surface area contributed by atoms with Gasteiger partial charge in [-0.15, -0.1) is 0 Å². The Balaban J connectivity index is 1.95. The number of carbonyl (C=O) groups is 1. The number of halogens is 1. The highest BCUT2D eigenvalue weighted by Gasteiger charge is 2.24. The van der Waals surface area contributed by atoms with Crippen LogP contribution in [-0.4, -0.2) is 25.1 Å². The first-order valence-corrected chi connectivity index (χ1v) is 9.08. The van der Waals surface area contributed by atoms with Gasteiger partial charge in [-0.05, 0) is 56.7 Å². The monoisotopic (exact) mass is 385 g/mol. The number of cyclic esters (lactones) is 1. The van der Waals surface area contributed by atoms with E-state index in [1.54, 1.807) is 18.2 Å². The van der Waals surface area contributed by atoms with E-state index >= 15 is 0 Å². The molecule has 0 N–H and O–H groups in total. The normalized spacial score (nSPS) is 14.9. The predicted molar refractivity (Wildman–Crippen MR) is 106 cm³/mol. The Bertz CT molecular complexity index is 917. The number of ether oxygens (including phenoxy) is 3. The molecule has 0 aromatic heterocycles. The topological polar surface area (TPSA) is 57.1 Å². The number of rotatable bonds is 6. The molecule has 140 valence electrons. The Morgan fingerprint density at radius 3 is 2.48 bits per heavy atom. The zero-order valence-corrected chi connectivity index (χ0v) is 16.2. The number of hydrogen-bond acceptors (Lipinski definition) is 5. The Kier molecular flexibility index (Phi) is 5.81. The lowest BCUT2D eigenvalue weighted by atomic mass is 10.1. The molecule has 0 saturated carbocycles. The van der Waals surface area contributed by atoms with Crippen LogP contribution in [0.2, 0.25) is 5.02 Å². The quantitative estimate of drug-likeness (QED) is 0.530. The third-order valence-corrected chi connectivity index (χ3v) is 4.12. The van der Waals surface area contributed by atoms with Gasteiger partial charge in [0.15, 0.2) is 17.2 Å². The van der Waals surface area contributed by atoms with Crippen LogP contribution >= 0.6 is 11.6 Å². The standard InChI is InChI=1S/C21H20ClNO4/c1-4-25-18-12-14(10-16(22)19(18)26-5-2)11-17-21(24)27-20(23-17)15-8-6-13(3)7-9-15/h6-12H,4-5H2,1-3H3. The van der Waals surface area contributed by atoms with Crippen LogP contribution in [0.15, 0.2) is 47.1 Å². The van der Waals surface area contributed by atoms with Gasteiger partial charge in [0, 0.05) is 5.56 Å². The lowest BCUT2D eigenvalue weighted by Gasteiger charge is -2.13. The van der Waals surface area contributed by atoms with E-state index in [1.165, 1.54) is 0 Å².